The van der Waals surface area contributed by atoms with Gasteiger partial charge in [0, 0.05) is 12.4 Å². The Labute approximate surface area is 176 Å². The van der Waals surface area contributed by atoms with E-state index in [0.29, 0.717) is 4.32 Å². The monoisotopic (exact) mass is 447 g/mol. The van der Waals surface area contributed by atoms with Crippen molar-refractivity contribution >= 4 is 56.7 Å². The summed E-state index contributed by atoms with van der Waals surface area (Å²) in [6.45, 7) is 0. The zero-order chi connectivity index (χ0) is 18.9. The number of rotatable bonds is 3. The number of aromatic nitrogens is 1. The summed E-state index contributed by atoms with van der Waals surface area (Å²) in [5.41, 5.74) is 0. The van der Waals surface area contributed by atoms with E-state index in [0.717, 1.165) is 0 Å². The van der Waals surface area contributed by atoms with E-state index in [1.54, 1.807) is 4.57 Å². The molecular weight excluding hydrogens is 427 g/mol. The molecule has 0 bridgehead atoms. The van der Waals surface area contributed by atoms with Crippen LogP contribution >= 0.6 is 12.2 Å². The molecule has 0 aliphatic rings. The minimum atomic E-state index is -1.63. The van der Waals surface area contributed by atoms with E-state index in [2.05, 4.69) is 91.0 Å². The molecule has 1 radical (unpaired) electrons. The second kappa shape index (κ2) is 10.2. The van der Waals surface area contributed by atoms with Crippen molar-refractivity contribution in [3.05, 3.63) is 116 Å². The number of hydrogen-bond donors (Lipinski definition) is 0. The average Bonchev–Trinajstić information content (AvgIpc) is 3.27. The Kier molecular flexibility index (Phi) is 7.39. The van der Waals surface area contributed by atoms with E-state index >= 15 is 0 Å². The molecular formula is C23H19GeNS2-. The summed E-state index contributed by atoms with van der Waals surface area (Å²) in [5.74, 6) is 0. The maximum absolute atomic E-state index is 4.69. The second-order valence-corrected chi connectivity index (χ2v) is 12.1. The Hall–Kier alpha value is -2.21. The van der Waals surface area contributed by atoms with Crippen molar-refractivity contribution in [2.75, 3.05) is 0 Å². The van der Waals surface area contributed by atoms with Crippen LogP contribution in [0.5, 0.6) is 0 Å². The van der Waals surface area contributed by atoms with Crippen LogP contribution in [0.25, 0.3) is 0 Å². The number of thiocarbonyl (C=S) groups is 1. The first kappa shape index (κ1) is 19.6. The molecule has 0 aliphatic carbocycles. The van der Waals surface area contributed by atoms with Crippen LogP contribution in [0.2, 0.25) is 0 Å². The average molecular weight is 446 g/mol. The van der Waals surface area contributed by atoms with Crippen molar-refractivity contribution in [3.63, 3.8) is 0 Å². The van der Waals surface area contributed by atoms with Gasteiger partial charge in [-0.3, -0.25) is 0 Å². The summed E-state index contributed by atoms with van der Waals surface area (Å²) in [4.78, 5) is 0. The van der Waals surface area contributed by atoms with Crippen molar-refractivity contribution in [2.45, 2.75) is 0 Å². The van der Waals surface area contributed by atoms with Gasteiger partial charge in [0.1, 0.15) is 0 Å². The second-order valence-electron chi connectivity index (χ2n) is 5.83. The minimum absolute atomic E-state index is 0.468. The molecule has 0 saturated carbocycles. The van der Waals surface area contributed by atoms with E-state index < -0.39 is 14.3 Å². The zero-order valence-electron chi connectivity index (χ0n) is 14.7. The standard InChI is InChI=1S/C18H15Ge.C5H5NS2/c1-4-10-16(11-5-1)19(17-12-6-2-7-13-17)18-14-8-3-9-15-18;7-5(8)6-3-1-2-4-6/h1-15H;1-4H,(H,7,8)/p-1. The fraction of sp³-hybridized carbons (Fsp3) is 0. The molecule has 0 fully saturated rings. The molecule has 0 amide bonds. The topological polar surface area (TPSA) is 4.93 Å². The molecule has 133 valence electrons. The summed E-state index contributed by atoms with van der Waals surface area (Å²) in [7, 11) is 0. The maximum atomic E-state index is 4.69. The van der Waals surface area contributed by atoms with Crippen LogP contribution in [0, 0.1) is 0 Å². The van der Waals surface area contributed by atoms with Crippen LogP contribution in [0.1, 0.15) is 0 Å². The van der Waals surface area contributed by atoms with Crippen LogP contribution < -0.4 is 13.2 Å². The summed E-state index contributed by atoms with van der Waals surface area (Å²) in [5, 5.41) is 0. The molecule has 1 heterocycles. The predicted molar refractivity (Wildman–Crippen MR) is 124 cm³/mol. The normalized spacial score (nSPS) is 10.1. The van der Waals surface area contributed by atoms with E-state index in [-0.39, 0.29) is 0 Å². The number of nitrogens with zero attached hydrogens (tertiary/aromatic N) is 1. The van der Waals surface area contributed by atoms with Crippen LogP contribution in [0.15, 0.2) is 116 Å². The molecule has 3 aromatic carbocycles. The van der Waals surface area contributed by atoms with Gasteiger partial charge in [-0.1, -0.05) is 4.32 Å². The van der Waals surface area contributed by atoms with Gasteiger partial charge in [-0.25, -0.2) is 0 Å². The van der Waals surface area contributed by atoms with Gasteiger partial charge in [-0.2, -0.15) is 0 Å². The fourth-order valence-corrected chi connectivity index (χ4v) is 8.42. The van der Waals surface area contributed by atoms with E-state index in [4.69, 9.17) is 24.8 Å². The molecule has 4 aromatic rings. The van der Waals surface area contributed by atoms with E-state index in [1.165, 1.54) is 13.2 Å². The predicted octanol–water partition coefficient (Wildman–Crippen LogP) is 3.37. The third-order valence-electron chi connectivity index (χ3n) is 4.00. The van der Waals surface area contributed by atoms with Crippen molar-refractivity contribution in [2.24, 2.45) is 0 Å². The van der Waals surface area contributed by atoms with Crippen LogP contribution in [0.3, 0.4) is 0 Å². The molecule has 0 atom stereocenters. The van der Waals surface area contributed by atoms with E-state index in [1.807, 2.05) is 24.5 Å². The summed E-state index contributed by atoms with van der Waals surface area (Å²) >= 11 is 7.75. The molecule has 1 nitrogen and oxygen atoms in total. The first-order valence-electron chi connectivity index (χ1n) is 8.63. The summed E-state index contributed by atoms with van der Waals surface area (Å²) in [6.07, 6.45) is 3.66. The molecule has 0 unspecified atom stereocenters. The van der Waals surface area contributed by atoms with Gasteiger partial charge in [-0.15, -0.1) is 0 Å². The molecule has 0 saturated heterocycles. The number of benzene rings is 3. The van der Waals surface area contributed by atoms with Crippen molar-refractivity contribution in [3.8, 4) is 0 Å². The first-order chi connectivity index (χ1) is 13.3. The van der Waals surface area contributed by atoms with E-state index in [9.17, 15) is 0 Å². The van der Waals surface area contributed by atoms with Gasteiger partial charge in [0.2, 0.25) is 0 Å². The zero-order valence-corrected chi connectivity index (χ0v) is 18.5. The van der Waals surface area contributed by atoms with Crippen LogP contribution in [0.4, 0.5) is 0 Å². The fourth-order valence-electron chi connectivity index (χ4n) is 2.77. The van der Waals surface area contributed by atoms with Crippen molar-refractivity contribution in [1.82, 2.24) is 4.57 Å². The summed E-state index contributed by atoms with van der Waals surface area (Å²) in [6, 6.07) is 36.6. The first-order valence-corrected chi connectivity index (χ1v) is 12.6. The molecule has 0 aliphatic heterocycles. The third kappa shape index (κ3) is 5.63. The third-order valence-corrected chi connectivity index (χ3v) is 10.2. The Morgan fingerprint density at radius 2 is 0.926 bits per heavy atom. The molecule has 4 heteroatoms. The molecule has 1 aromatic heterocycles. The van der Waals surface area contributed by atoms with Gasteiger partial charge in [0.25, 0.3) is 0 Å². The molecule has 0 spiro atoms. The molecule has 4 rings (SSSR count). The molecule has 0 N–H and O–H groups in total. The summed E-state index contributed by atoms with van der Waals surface area (Å²) < 4.78 is 6.68. The SMILES string of the molecule is S=C([S-])n1cccc1.c1cc[c]([Ge]([c]2ccccc2)[c]2ccccc2)cc1. The Bertz CT molecular complexity index is 846. The van der Waals surface area contributed by atoms with Crippen LogP contribution in [-0.4, -0.2) is 23.2 Å². The van der Waals surface area contributed by atoms with Gasteiger partial charge in [0.05, 0.1) is 0 Å². The van der Waals surface area contributed by atoms with Gasteiger partial charge in [-0.05, 0) is 12.1 Å². The Morgan fingerprint density at radius 1 is 0.593 bits per heavy atom. The van der Waals surface area contributed by atoms with Gasteiger partial charge >= 0.3 is 119 Å². The van der Waals surface area contributed by atoms with Crippen LogP contribution in [-0.2, 0) is 12.6 Å². The quantitative estimate of drug-likeness (QED) is 0.270. The van der Waals surface area contributed by atoms with Crippen molar-refractivity contribution in [1.29, 1.82) is 0 Å². The Morgan fingerprint density at radius 3 is 1.19 bits per heavy atom. The van der Waals surface area contributed by atoms with Gasteiger partial charge in [0.15, 0.2) is 0 Å². The van der Waals surface area contributed by atoms with Gasteiger partial charge < -0.3 is 29.4 Å². The molecule has 27 heavy (non-hydrogen) atoms. The number of hydrogen-bond acceptors (Lipinski definition) is 2. The Balaban J connectivity index is 0.000000221. The van der Waals surface area contributed by atoms with Crippen molar-refractivity contribution < 1.29 is 0 Å².